The van der Waals surface area contributed by atoms with Gasteiger partial charge in [-0.1, -0.05) is 0 Å². The smallest absolute Gasteiger partial charge is 0.336 e. The van der Waals surface area contributed by atoms with Gasteiger partial charge in [0.25, 0.3) is 5.91 Å². The quantitative estimate of drug-likeness (QED) is 0.844. The van der Waals surface area contributed by atoms with E-state index >= 15 is 0 Å². The van der Waals surface area contributed by atoms with Gasteiger partial charge < -0.3 is 9.47 Å². The first-order valence-corrected chi connectivity index (χ1v) is 5.14. The molecule has 0 spiro atoms. The average Bonchev–Trinajstić information content (AvgIpc) is 2.86. The van der Waals surface area contributed by atoms with E-state index in [9.17, 15) is 4.79 Å². The molecule has 2 aromatic rings. The number of aromatic amines is 1. The molecule has 0 aliphatic heterocycles. The summed E-state index contributed by atoms with van der Waals surface area (Å²) < 4.78 is 9.80. The SMILES string of the molecule is COc1ccc(C(=O)Nc2nc(OC)n[nH]2)cc1. The van der Waals surface area contributed by atoms with Gasteiger partial charge in [0.2, 0.25) is 5.95 Å². The molecule has 94 valence electrons. The Hall–Kier alpha value is -2.57. The Kier molecular flexibility index (Phi) is 3.42. The molecule has 0 saturated heterocycles. The Labute approximate surface area is 103 Å². The minimum atomic E-state index is -0.295. The zero-order valence-electron chi connectivity index (χ0n) is 9.93. The molecule has 0 bridgehead atoms. The van der Waals surface area contributed by atoms with Crippen molar-refractivity contribution in [3.05, 3.63) is 29.8 Å². The summed E-state index contributed by atoms with van der Waals surface area (Å²) in [5.74, 6) is 0.622. The molecule has 1 aromatic heterocycles. The number of hydrogen-bond donors (Lipinski definition) is 2. The zero-order chi connectivity index (χ0) is 13.0. The Morgan fingerprint density at radius 3 is 2.50 bits per heavy atom. The van der Waals surface area contributed by atoms with Crippen LogP contribution in [0.25, 0.3) is 0 Å². The molecule has 2 N–H and O–H groups in total. The van der Waals surface area contributed by atoms with Crippen LogP contribution >= 0.6 is 0 Å². The lowest BCUT2D eigenvalue weighted by molar-refractivity contribution is 0.102. The van der Waals surface area contributed by atoms with Gasteiger partial charge in [-0.2, -0.15) is 4.98 Å². The molecular formula is C11H12N4O3. The Bertz CT molecular complexity index is 535. The number of amides is 1. The molecule has 0 saturated carbocycles. The molecule has 1 heterocycles. The molecule has 0 aliphatic rings. The van der Waals surface area contributed by atoms with Gasteiger partial charge in [0.15, 0.2) is 0 Å². The number of anilines is 1. The second kappa shape index (κ2) is 5.17. The third-order valence-corrected chi connectivity index (χ3v) is 2.23. The maximum atomic E-state index is 11.8. The summed E-state index contributed by atoms with van der Waals surface area (Å²) >= 11 is 0. The summed E-state index contributed by atoms with van der Waals surface area (Å²) in [4.78, 5) is 15.7. The van der Waals surface area contributed by atoms with Gasteiger partial charge in [-0.25, -0.2) is 5.10 Å². The van der Waals surface area contributed by atoms with Gasteiger partial charge in [-0.3, -0.25) is 10.1 Å². The van der Waals surface area contributed by atoms with E-state index < -0.39 is 0 Å². The lowest BCUT2D eigenvalue weighted by Gasteiger charge is -2.02. The van der Waals surface area contributed by atoms with Crippen LogP contribution in [0.3, 0.4) is 0 Å². The normalized spacial score (nSPS) is 9.89. The van der Waals surface area contributed by atoms with Gasteiger partial charge in [0, 0.05) is 5.56 Å². The fourth-order valence-electron chi connectivity index (χ4n) is 1.32. The third-order valence-electron chi connectivity index (χ3n) is 2.23. The first kappa shape index (κ1) is 11.9. The lowest BCUT2D eigenvalue weighted by atomic mass is 10.2. The van der Waals surface area contributed by atoms with E-state index in [-0.39, 0.29) is 17.9 Å². The van der Waals surface area contributed by atoms with Gasteiger partial charge in [0.05, 0.1) is 14.2 Å². The predicted molar refractivity (Wildman–Crippen MR) is 63.9 cm³/mol. The summed E-state index contributed by atoms with van der Waals surface area (Å²) in [7, 11) is 3.01. The van der Waals surface area contributed by atoms with Crippen molar-refractivity contribution in [1.82, 2.24) is 15.2 Å². The largest absolute Gasteiger partial charge is 0.497 e. The van der Waals surface area contributed by atoms with Crippen LogP contribution in [0.2, 0.25) is 0 Å². The van der Waals surface area contributed by atoms with Gasteiger partial charge >= 0.3 is 6.01 Å². The minimum Gasteiger partial charge on any atom is -0.497 e. The number of aromatic nitrogens is 3. The molecule has 18 heavy (non-hydrogen) atoms. The van der Waals surface area contributed by atoms with Crippen molar-refractivity contribution in [3.63, 3.8) is 0 Å². The van der Waals surface area contributed by atoms with Crippen LogP contribution in [0.1, 0.15) is 10.4 Å². The van der Waals surface area contributed by atoms with Gasteiger partial charge in [0.1, 0.15) is 5.75 Å². The molecule has 0 fully saturated rings. The predicted octanol–water partition coefficient (Wildman–Crippen LogP) is 1.07. The Morgan fingerprint density at radius 2 is 1.94 bits per heavy atom. The number of H-pyrrole nitrogens is 1. The van der Waals surface area contributed by atoms with Crippen LogP contribution in [0.5, 0.6) is 11.8 Å². The topological polar surface area (TPSA) is 89.1 Å². The van der Waals surface area contributed by atoms with E-state index in [1.807, 2.05) is 0 Å². The number of carbonyl (C=O) groups excluding carboxylic acids is 1. The summed E-state index contributed by atoms with van der Waals surface area (Å²) in [6.07, 6.45) is 0. The lowest BCUT2D eigenvalue weighted by Crippen LogP contribution is -2.12. The highest BCUT2D eigenvalue weighted by Crippen LogP contribution is 2.12. The van der Waals surface area contributed by atoms with Crippen LogP contribution in [0.4, 0.5) is 5.95 Å². The van der Waals surface area contributed by atoms with E-state index in [0.717, 1.165) is 0 Å². The van der Waals surface area contributed by atoms with Crippen LogP contribution < -0.4 is 14.8 Å². The summed E-state index contributed by atoms with van der Waals surface area (Å²) in [5.41, 5.74) is 0.492. The maximum Gasteiger partial charge on any atom is 0.336 e. The fourth-order valence-corrected chi connectivity index (χ4v) is 1.32. The van der Waals surface area contributed by atoms with E-state index in [2.05, 4.69) is 20.5 Å². The maximum absolute atomic E-state index is 11.8. The molecule has 1 aromatic carbocycles. The van der Waals surface area contributed by atoms with Crippen molar-refractivity contribution in [3.8, 4) is 11.8 Å². The number of methoxy groups -OCH3 is 2. The Balaban J connectivity index is 2.06. The molecule has 2 rings (SSSR count). The van der Waals surface area contributed by atoms with Crippen LogP contribution in [-0.4, -0.2) is 35.3 Å². The van der Waals surface area contributed by atoms with E-state index in [0.29, 0.717) is 11.3 Å². The second-order valence-corrected chi connectivity index (χ2v) is 3.35. The summed E-state index contributed by atoms with van der Waals surface area (Å²) in [6.45, 7) is 0. The van der Waals surface area contributed by atoms with E-state index in [1.54, 1.807) is 31.4 Å². The van der Waals surface area contributed by atoms with E-state index in [4.69, 9.17) is 9.47 Å². The molecule has 7 nitrogen and oxygen atoms in total. The zero-order valence-corrected chi connectivity index (χ0v) is 9.93. The monoisotopic (exact) mass is 248 g/mol. The molecule has 0 radical (unpaired) electrons. The molecular weight excluding hydrogens is 236 g/mol. The number of rotatable bonds is 4. The van der Waals surface area contributed by atoms with Crippen LogP contribution in [0, 0.1) is 0 Å². The van der Waals surface area contributed by atoms with Crippen molar-refractivity contribution in [2.45, 2.75) is 0 Å². The van der Waals surface area contributed by atoms with Gasteiger partial charge in [-0.15, -0.1) is 5.10 Å². The van der Waals surface area contributed by atoms with Crippen molar-refractivity contribution >= 4 is 11.9 Å². The van der Waals surface area contributed by atoms with Crippen molar-refractivity contribution < 1.29 is 14.3 Å². The molecule has 0 unspecified atom stereocenters. The van der Waals surface area contributed by atoms with E-state index in [1.165, 1.54) is 7.11 Å². The standard InChI is InChI=1S/C11H12N4O3/c1-17-8-5-3-7(4-6-8)9(16)12-10-13-11(18-2)15-14-10/h3-6H,1-2H3,(H2,12,13,14,15,16). The second-order valence-electron chi connectivity index (χ2n) is 3.35. The van der Waals surface area contributed by atoms with Gasteiger partial charge in [-0.05, 0) is 24.3 Å². The number of ether oxygens (including phenoxy) is 2. The first-order valence-electron chi connectivity index (χ1n) is 5.14. The van der Waals surface area contributed by atoms with Crippen LogP contribution in [0.15, 0.2) is 24.3 Å². The molecule has 1 amide bonds. The average molecular weight is 248 g/mol. The highest BCUT2D eigenvalue weighted by Gasteiger charge is 2.09. The summed E-state index contributed by atoms with van der Waals surface area (Å²) in [5, 5.41) is 8.81. The number of carbonyl (C=O) groups is 1. The number of nitrogens with zero attached hydrogens (tertiary/aromatic N) is 2. The molecule has 0 aliphatic carbocycles. The number of hydrogen-bond acceptors (Lipinski definition) is 5. The summed E-state index contributed by atoms with van der Waals surface area (Å²) in [6, 6.07) is 6.88. The highest BCUT2D eigenvalue weighted by atomic mass is 16.5. The third kappa shape index (κ3) is 2.57. The molecule has 7 heteroatoms. The van der Waals surface area contributed by atoms with Crippen molar-refractivity contribution in [2.75, 3.05) is 19.5 Å². The molecule has 0 atom stereocenters. The highest BCUT2D eigenvalue weighted by molar-refractivity contribution is 6.03. The van der Waals surface area contributed by atoms with Crippen LogP contribution in [-0.2, 0) is 0 Å². The fraction of sp³-hybridized carbons (Fsp3) is 0.182. The van der Waals surface area contributed by atoms with Crippen molar-refractivity contribution in [2.24, 2.45) is 0 Å². The van der Waals surface area contributed by atoms with Crippen molar-refractivity contribution in [1.29, 1.82) is 0 Å². The number of nitrogens with one attached hydrogen (secondary N) is 2. The first-order chi connectivity index (χ1) is 8.72. The number of benzene rings is 1. The minimum absolute atomic E-state index is 0.167. The Morgan fingerprint density at radius 1 is 1.22 bits per heavy atom.